The van der Waals surface area contributed by atoms with E-state index in [9.17, 15) is 4.79 Å². The summed E-state index contributed by atoms with van der Waals surface area (Å²) in [5, 5.41) is 11.3. The Bertz CT molecular complexity index is 1290. The van der Waals surface area contributed by atoms with Crippen LogP contribution in [0.2, 0.25) is 0 Å². The van der Waals surface area contributed by atoms with Crippen LogP contribution in [0.4, 0.5) is 22.0 Å². The van der Waals surface area contributed by atoms with Gasteiger partial charge in [-0.25, -0.2) is 19.4 Å². The fraction of sp³-hybridized carbons (Fsp3) is 0.250. The van der Waals surface area contributed by atoms with Crippen molar-refractivity contribution in [1.82, 2.24) is 19.7 Å². The SMILES string of the molecule is Cc1cccc(NC(=O)Nc2cccc(Cc3nn(C(C)(C)C)c4ncnc(N)c34)c2)c1. The zero-order valence-corrected chi connectivity index (χ0v) is 18.7. The first-order chi connectivity index (χ1) is 15.2. The number of urea groups is 1. The Balaban J connectivity index is 1.57. The molecule has 2 heterocycles. The van der Waals surface area contributed by atoms with Crippen molar-refractivity contribution < 1.29 is 4.79 Å². The molecule has 8 nitrogen and oxygen atoms in total. The van der Waals surface area contributed by atoms with E-state index in [0.717, 1.165) is 27.9 Å². The lowest BCUT2D eigenvalue weighted by atomic mass is 10.1. The van der Waals surface area contributed by atoms with Crippen molar-refractivity contribution in [2.24, 2.45) is 0 Å². The highest BCUT2D eigenvalue weighted by Crippen LogP contribution is 2.28. The summed E-state index contributed by atoms with van der Waals surface area (Å²) in [6.45, 7) is 8.19. The molecule has 2 aromatic carbocycles. The van der Waals surface area contributed by atoms with Crippen LogP contribution in [0.1, 0.15) is 37.6 Å². The lowest BCUT2D eigenvalue weighted by Crippen LogP contribution is -2.23. The zero-order chi connectivity index (χ0) is 22.9. The average molecular weight is 430 g/mol. The van der Waals surface area contributed by atoms with Gasteiger partial charge in [0.2, 0.25) is 0 Å². The number of aryl methyl sites for hydroxylation is 1. The number of nitrogen functional groups attached to an aromatic ring is 1. The molecule has 8 heteroatoms. The lowest BCUT2D eigenvalue weighted by Gasteiger charge is -2.19. The van der Waals surface area contributed by atoms with Crippen molar-refractivity contribution in [3.8, 4) is 0 Å². The minimum absolute atomic E-state index is 0.255. The number of anilines is 3. The van der Waals surface area contributed by atoms with Crippen molar-refractivity contribution in [3.63, 3.8) is 0 Å². The Labute approximate surface area is 186 Å². The fourth-order valence-electron chi connectivity index (χ4n) is 3.61. The normalized spacial score (nSPS) is 11.5. The molecule has 0 bridgehead atoms. The van der Waals surface area contributed by atoms with Gasteiger partial charge in [-0.05, 0) is 63.1 Å². The van der Waals surface area contributed by atoms with Crippen LogP contribution < -0.4 is 16.4 Å². The maximum atomic E-state index is 12.4. The number of amides is 2. The van der Waals surface area contributed by atoms with Crippen LogP contribution in [0.5, 0.6) is 0 Å². The fourth-order valence-corrected chi connectivity index (χ4v) is 3.61. The third-order valence-electron chi connectivity index (χ3n) is 5.03. The first-order valence-corrected chi connectivity index (χ1v) is 10.4. The number of carbonyl (C=O) groups excluding carboxylic acids is 1. The molecule has 164 valence electrons. The number of nitrogens with two attached hydrogens (primary N) is 1. The molecular formula is C24H27N7O. The summed E-state index contributed by atoms with van der Waals surface area (Å²) in [5.74, 6) is 0.410. The smallest absolute Gasteiger partial charge is 0.323 e. The topological polar surface area (TPSA) is 111 Å². The molecule has 2 aromatic heterocycles. The Morgan fingerprint density at radius 1 is 1.03 bits per heavy atom. The Kier molecular flexibility index (Phi) is 5.52. The van der Waals surface area contributed by atoms with E-state index in [4.69, 9.17) is 10.8 Å². The summed E-state index contributed by atoms with van der Waals surface area (Å²) >= 11 is 0. The summed E-state index contributed by atoms with van der Waals surface area (Å²) < 4.78 is 1.88. The number of fused-ring (bicyclic) bond motifs is 1. The highest BCUT2D eigenvalue weighted by Gasteiger charge is 2.23. The molecule has 0 aliphatic rings. The average Bonchev–Trinajstić information content (AvgIpc) is 3.08. The predicted octanol–water partition coefficient (Wildman–Crippen LogP) is 4.71. The molecule has 4 rings (SSSR count). The number of nitrogens with zero attached hydrogens (tertiary/aromatic N) is 4. The standard InChI is InChI=1S/C24H27N7O/c1-15-7-5-9-17(11-15)28-23(32)29-18-10-6-8-16(12-18)13-19-20-21(25)26-14-27-22(20)31(30-19)24(2,3)4/h5-12,14H,13H2,1-4H3,(H2,25,26,27)(H2,28,29,32). The van der Waals surface area contributed by atoms with Gasteiger partial charge in [-0.2, -0.15) is 5.10 Å². The molecule has 0 aliphatic heterocycles. The van der Waals surface area contributed by atoms with E-state index in [-0.39, 0.29) is 11.6 Å². The highest BCUT2D eigenvalue weighted by molar-refractivity contribution is 5.99. The Morgan fingerprint density at radius 3 is 2.41 bits per heavy atom. The summed E-state index contributed by atoms with van der Waals surface area (Å²) in [5.41, 5.74) is 10.9. The van der Waals surface area contributed by atoms with Gasteiger partial charge in [0, 0.05) is 17.8 Å². The molecule has 4 aromatic rings. The molecule has 32 heavy (non-hydrogen) atoms. The van der Waals surface area contributed by atoms with Crippen LogP contribution in [0.15, 0.2) is 54.9 Å². The quantitative estimate of drug-likeness (QED) is 0.435. The van der Waals surface area contributed by atoms with Gasteiger partial charge in [-0.1, -0.05) is 24.3 Å². The zero-order valence-electron chi connectivity index (χ0n) is 18.7. The second-order valence-corrected chi connectivity index (χ2v) is 8.81. The molecule has 0 aliphatic carbocycles. The van der Waals surface area contributed by atoms with E-state index in [1.807, 2.05) is 60.1 Å². The van der Waals surface area contributed by atoms with Gasteiger partial charge in [0.25, 0.3) is 0 Å². The highest BCUT2D eigenvalue weighted by atomic mass is 16.2. The third-order valence-corrected chi connectivity index (χ3v) is 5.03. The predicted molar refractivity (Wildman–Crippen MR) is 128 cm³/mol. The number of nitrogens with one attached hydrogen (secondary N) is 2. The maximum Gasteiger partial charge on any atom is 0.323 e. The van der Waals surface area contributed by atoms with Crippen LogP contribution in [0.3, 0.4) is 0 Å². The van der Waals surface area contributed by atoms with E-state index in [1.165, 1.54) is 6.33 Å². The molecule has 0 unspecified atom stereocenters. The number of carbonyl (C=O) groups is 1. The van der Waals surface area contributed by atoms with E-state index < -0.39 is 0 Å². The summed E-state index contributed by atoms with van der Waals surface area (Å²) in [6.07, 6.45) is 1.99. The van der Waals surface area contributed by atoms with E-state index in [0.29, 0.717) is 23.6 Å². The molecule has 4 N–H and O–H groups in total. The van der Waals surface area contributed by atoms with Gasteiger partial charge in [0.15, 0.2) is 5.65 Å². The molecular weight excluding hydrogens is 402 g/mol. The van der Waals surface area contributed by atoms with Crippen LogP contribution >= 0.6 is 0 Å². The van der Waals surface area contributed by atoms with E-state index >= 15 is 0 Å². The summed E-state index contributed by atoms with van der Waals surface area (Å²) in [7, 11) is 0. The van der Waals surface area contributed by atoms with Crippen LogP contribution in [-0.4, -0.2) is 25.8 Å². The van der Waals surface area contributed by atoms with Crippen molar-refractivity contribution in [1.29, 1.82) is 0 Å². The summed E-state index contributed by atoms with van der Waals surface area (Å²) in [6, 6.07) is 15.0. The summed E-state index contributed by atoms with van der Waals surface area (Å²) in [4.78, 5) is 21.0. The van der Waals surface area contributed by atoms with Crippen LogP contribution in [-0.2, 0) is 12.0 Å². The number of aromatic nitrogens is 4. The van der Waals surface area contributed by atoms with Gasteiger partial charge in [-0.3, -0.25) is 0 Å². The Hall–Kier alpha value is -3.94. The van der Waals surface area contributed by atoms with Gasteiger partial charge in [-0.15, -0.1) is 0 Å². The maximum absolute atomic E-state index is 12.4. The van der Waals surface area contributed by atoms with Crippen molar-refractivity contribution >= 4 is 34.3 Å². The largest absolute Gasteiger partial charge is 0.383 e. The number of benzene rings is 2. The minimum Gasteiger partial charge on any atom is -0.383 e. The third kappa shape index (κ3) is 4.54. The number of hydrogen-bond donors (Lipinski definition) is 3. The second-order valence-electron chi connectivity index (χ2n) is 8.81. The van der Waals surface area contributed by atoms with E-state index in [1.54, 1.807) is 0 Å². The first-order valence-electron chi connectivity index (χ1n) is 10.4. The molecule has 2 amide bonds. The number of rotatable bonds is 4. The van der Waals surface area contributed by atoms with Gasteiger partial charge in [0.1, 0.15) is 12.1 Å². The van der Waals surface area contributed by atoms with Crippen molar-refractivity contribution in [2.45, 2.75) is 39.7 Å². The van der Waals surface area contributed by atoms with Gasteiger partial charge in [0.05, 0.1) is 16.6 Å². The Morgan fingerprint density at radius 2 is 1.72 bits per heavy atom. The molecule has 0 fully saturated rings. The molecule has 0 spiro atoms. The monoisotopic (exact) mass is 429 g/mol. The van der Waals surface area contributed by atoms with E-state index in [2.05, 4.69) is 41.4 Å². The van der Waals surface area contributed by atoms with Crippen molar-refractivity contribution in [2.75, 3.05) is 16.4 Å². The van der Waals surface area contributed by atoms with Crippen LogP contribution in [0.25, 0.3) is 11.0 Å². The lowest BCUT2D eigenvalue weighted by molar-refractivity contribution is 0.262. The molecule has 0 radical (unpaired) electrons. The molecule has 0 atom stereocenters. The van der Waals surface area contributed by atoms with Gasteiger partial charge < -0.3 is 16.4 Å². The minimum atomic E-state index is -0.298. The first kappa shape index (κ1) is 21.3. The second kappa shape index (κ2) is 8.30. The van der Waals surface area contributed by atoms with Crippen molar-refractivity contribution in [3.05, 3.63) is 71.7 Å². The molecule has 0 saturated heterocycles. The number of hydrogen-bond acceptors (Lipinski definition) is 5. The van der Waals surface area contributed by atoms with Crippen LogP contribution in [0, 0.1) is 6.92 Å². The van der Waals surface area contributed by atoms with Gasteiger partial charge >= 0.3 is 6.03 Å². The molecule has 0 saturated carbocycles.